The monoisotopic (exact) mass is 833 g/mol. The number of nitrogens with zero attached hydrogens (tertiary/aromatic N) is 1. The fourth-order valence-electron chi connectivity index (χ4n) is 9.99. The van der Waals surface area contributed by atoms with Crippen molar-refractivity contribution in [2.75, 3.05) is 27.7 Å². The van der Waals surface area contributed by atoms with Crippen LogP contribution < -0.4 is 5.32 Å². The van der Waals surface area contributed by atoms with Crippen LogP contribution in [0.2, 0.25) is 0 Å². The van der Waals surface area contributed by atoms with E-state index in [1.165, 1.54) is 14.0 Å². The van der Waals surface area contributed by atoms with Crippen LogP contribution in [0, 0.1) is 23.7 Å². The highest BCUT2D eigenvalue weighted by molar-refractivity contribution is 5.73. The van der Waals surface area contributed by atoms with Crippen molar-refractivity contribution in [2.45, 2.75) is 224 Å². The number of aliphatic hydroxyl groups is 5. The quantitative estimate of drug-likeness (QED) is 0.108. The van der Waals surface area contributed by atoms with Gasteiger partial charge in [-0.15, -0.1) is 0 Å². The minimum atomic E-state index is -1.82. The number of methoxy groups -OCH3 is 1. The van der Waals surface area contributed by atoms with Gasteiger partial charge in [-0.1, -0.05) is 60.3 Å². The first kappa shape index (κ1) is 51.3. The summed E-state index contributed by atoms with van der Waals surface area (Å²) in [7, 11) is 5.31. The number of nitrogens with one attached hydrogen (secondary N) is 1. The van der Waals surface area contributed by atoms with Crippen molar-refractivity contribution in [1.82, 2.24) is 10.2 Å². The van der Waals surface area contributed by atoms with Gasteiger partial charge in [-0.3, -0.25) is 4.79 Å². The van der Waals surface area contributed by atoms with Gasteiger partial charge in [0.05, 0.1) is 47.6 Å². The van der Waals surface area contributed by atoms with Crippen molar-refractivity contribution in [3.8, 4) is 0 Å². The van der Waals surface area contributed by atoms with Crippen molar-refractivity contribution >= 4 is 5.97 Å². The van der Waals surface area contributed by atoms with Gasteiger partial charge in [0, 0.05) is 37.5 Å². The van der Waals surface area contributed by atoms with E-state index in [0.29, 0.717) is 13.0 Å². The number of carbonyl (C=O) groups excluding carboxylic acids is 1. The van der Waals surface area contributed by atoms with Crippen molar-refractivity contribution in [3.05, 3.63) is 0 Å². The van der Waals surface area contributed by atoms with Gasteiger partial charge in [0.15, 0.2) is 12.6 Å². The molecule has 342 valence electrons. The van der Waals surface area contributed by atoms with Gasteiger partial charge in [0.2, 0.25) is 0 Å². The van der Waals surface area contributed by atoms with E-state index in [1.807, 2.05) is 46.7 Å². The van der Waals surface area contributed by atoms with Crippen LogP contribution in [0.1, 0.15) is 134 Å². The van der Waals surface area contributed by atoms with Crippen molar-refractivity contribution in [1.29, 1.82) is 0 Å². The van der Waals surface area contributed by atoms with E-state index in [9.17, 15) is 30.3 Å². The van der Waals surface area contributed by atoms with Gasteiger partial charge in [0.1, 0.15) is 23.9 Å². The Morgan fingerprint density at radius 3 is 2.09 bits per heavy atom. The molecule has 14 heteroatoms. The number of ether oxygens (including phenoxy) is 6. The van der Waals surface area contributed by atoms with Crippen LogP contribution in [-0.2, 0) is 33.2 Å². The van der Waals surface area contributed by atoms with Gasteiger partial charge < -0.3 is 64.2 Å². The van der Waals surface area contributed by atoms with E-state index in [2.05, 4.69) is 12.2 Å². The first-order chi connectivity index (χ1) is 27.0. The Bertz CT molecular complexity index is 1240. The third-order valence-corrected chi connectivity index (χ3v) is 13.8. The Morgan fingerprint density at radius 2 is 1.50 bits per heavy atom. The summed E-state index contributed by atoms with van der Waals surface area (Å²) in [6.45, 7) is 20.7. The molecule has 0 aliphatic carbocycles. The average molecular weight is 833 g/mol. The maximum atomic E-state index is 14.4. The van der Waals surface area contributed by atoms with Gasteiger partial charge in [0.25, 0.3) is 0 Å². The van der Waals surface area contributed by atoms with Crippen molar-refractivity contribution < 1.29 is 58.7 Å². The summed E-state index contributed by atoms with van der Waals surface area (Å²) in [4.78, 5) is 16.3. The molecule has 58 heavy (non-hydrogen) atoms. The fourth-order valence-corrected chi connectivity index (χ4v) is 9.99. The zero-order chi connectivity index (χ0) is 43.9. The van der Waals surface area contributed by atoms with E-state index in [0.717, 1.165) is 32.1 Å². The number of aliphatic hydroxyl groups excluding tert-OH is 3. The Kier molecular flexibility index (Phi) is 19.4. The highest BCUT2D eigenvalue weighted by atomic mass is 16.7. The fraction of sp³-hybridized carbons (Fsp3) is 0.977. The van der Waals surface area contributed by atoms with Gasteiger partial charge in [-0.05, 0) is 93.8 Å². The first-order valence-electron chi connectivity index (χ1n) is 22.2. The summed E-state index contributed by atoms with van der Waals surface area (Å²) in [6, 6.07) is -0.656. The van der Waals surface area contributed by atoms with Crippen molar-refractivity contribution in [3.63, 3.8) is 0 Å². The summed E-state index contributed by atoms with van der Waals surface area (Å²) in [6.07, 6.45) is -2.96. The van der Waals surface area contributed by atoms with E-state index in [4.69, 9.17) is 28.4 Å². The molecule has 14 nitrogen and oxygen atoms in total. The Labute approximate surface area is 350 Å². The lowest BCUT2D eigenvalue weighted by Gasteiger charge is -2.49. The molecule has 6 N–H and O–H groups in total. The van der Waals surface area contributed by atoms with E-state index in [-0.39, 0.29) is 43.4 Å². The second-order valence-corrected chi connectivity index (χ2v) is 19.1. The number of rotatable bonds is 14. The molecule has 8 unspecified atom stereocenters. The molecule has 3 rings (SSSR count). The third kappa shape index (κ3) is 12.3. The molecular weight excluding hydrogens is 748 g/mol. The Morgan fingerprint density at radius 1 is 0.862 bits per heavy atom. The average Bonchev–Trinajstić information content (AvgIpc) is 3.15. The summed E-state index contributed by atoms with van der Waals surface area (Å²) in [5, 5.41) is 63.3. The zero-order valence-electron chi connectivity index (χ0n) is 38.3. The smallest absolute Gasteiger partial charge is 0.311 e. The molecule has 0 aromatic rings. The summed E-state index contributed by atoms with van der Waals surface area (Å²) >= 11 is 0. The SMILES string of the molecule is CCCCCCCN[C@@H]1[C@H](C)[C@@H](O)[C@](C)(O)[C@@H](CC)OC(=O)[C@H](C)[C@@H](OC2CC(C)(OC)C(O)C(C)O2)[C@H](C)[C@@H](OC2OC(C)CC(N(C)C)C2O)[C@](C)(O)C[C@H]1C. The molecule has 0 radical (unpaired) electrons. The Hall–Kier alpha value is -1.01. The highest BCUT2D eigenvalue weighted by Crippen LogP contribution is 2.41. The topological polar surface area (TPSA) is 189 Å². The van der Waals surface area contributed by atoms with Crippen LogP contribution in [0.25, 0.3) is 0 Å². The number of hydrogen-bond acceptors (Lipinski definition) is 14. The van der Waals surface area contributed by atoms with E-state index >= 15 is 0 Å². The third-order valence-electron chi connectivity index (χ3n) is 13.8. The second-order valence-electron chi connectivity index (χ2n) is 19.1. The molecule has 19 atom stereocenters. The van der Waals surface area contributed by atoms with Crippen molar-refractivity contribution in [2.24, 2.45) is 23.7 Å². The molecule has 3 aliphatic rings. The molecular formula is C44H84N2O12. The molecule has 0 aromatic carbocycles. The maximum Gasteiger partial charge on any atom is 0.311 e. The molecule has 0 spiro atoms. The molecule has 3 aliphatic heterocycles. The number of carbonyl (C=O) groups is 1. The second kappa shape index (κ2) is 21.9. The lowest BCUT2D eigenvalue weighted by molar-refractivity contribution is -0.318. The van der Waals surface area contributed by atoms with Crippen LogP contribution in [0.3, 0.4) is 0 Å². The molecule has 3 fully saturated rings. The molecule has 0 saturated carbocycles. The van der Waals surface area contributed by atoms with Crippen LogP contribution in [-0.4, -0.2) is 154 Å². The number of likely N-dealkylation sites (N-methyl/N-ethyl adjacent to an activating group) is 1. The van der Waals surface area contributed by atoms with Gasteiger partial charge in [-0.25, -0.2) is 0 Å². The molecule has 3 heterocycles. The van der Waals surface area contributed by atoms with Crippen LogP contribution in [0.5, 0.6) is 0 Å². The number of hydrogen-bond donors (Lipinski definition) is 6. The molecule has 0 bridgehead atoms. The standard InChI is InChI=1S/C44H84N2O12/c1-15-17-18-19-20-21-45-34-25(3)23-42(9,51)39(58-41-35(47)31(46(12)13)22-26(4)54-41)28(6)36(57-33-24-43(10,53-14)38(49)30(8)55-33)29(7)40(50)56-32(16-2)44(11,52)37(48)27(34)5/h25-39,41,45,47-49,51-52H,15-24H2,1-14H3/t25-,26?,27+,28+,29-,30?,31?,32-,33?,34+,35?,36+,37-,38?,39-,41?,42-,43?,44-/m1/s1. The minimum absolute atomic E-state index is 0.133. The normalized spacial score (nSPS) is 46.4. The Balaban J connectivity index is 2.19. The first-order valence-corrected chi connectivity index (χ1v) is 22.2. The maximum absolute atomic E-state index is 14.4. The number of cyclic esters (lactones) is 1. The lowest BCUT2D eigenvalue weighted by atomic mass is 9.72. The number of unbranched alkanes of at least 4 members (excludes halogenated alkanes) is 4. The van der Waals surface area contributed by atoms with Crippen LogP contribution in [0.4, 0.5) is 0 Å². The predicted molar refractivity (Wildman–Crippen MR) is 222 cm³/mol. The minimum Gasteiger partial charge on any atom is -0.459 e. The highest BCUT2D eigenvalue weighted by Gasteiger charge is 2.53. The van der Waals surface area contributed by atoms with E-state index in [1.54, 1.807) is 34.6 Å². The van der Waals surface area contributed by atoms with Crippen LogP contribution in [0.15, 0.2) is 0 Å². The summed E-state index contributed by atoms with van der Waals surface area (Å²) in [5.74, 6) is -3.25. The molecule has 0 aromatic heterocycles. The largest absolute Gasteiger partial charge is 0.459 e. The summed E-state index contributed by atoms with van der Waals surface area (Å²) in [5.41, 5.74) is -4.47. The molecule has 0 amide bonds. The van der Waals surface area contributed by atoms with Gasteiger partial charge >= 0.3 is 5.97 Å². The van der Waals surface area contributed by atoms with Crippen LogP contribution >= 0.6 is 0 Å². The summed E-state index contributed by atoms with van der Waals surface area (Å²) < 4.78 is 38.0. The number of esters is 1. The zero-order valence-corrected chi connectivity index (χ0v) is 38.3. The van der Waals surface area contributed by atoms with E-state index < -0.39 is 95.8 Å². The van der Waals surface area contributed by atoms with Gasteiger partial charge in [-0.2, -0.15) is 0 Å². The molecule has 3 saturated heterocycles. The predicted octanol–water partition coefficient (Wildman–Crippen LogP) is 4.15. The lowest BCUT2D eigenvalue weighted by Crippen LogP contribution is -2.62.